The molecule has 1 aliphatic heterocycles. The molecule has 7 nitrogen and oxygen atoms in total. The fourth-order valence-electron chi connectivity index (χ4n) is 2.53. The summed E-state index contributed by atoms with van der Waals surface area (Å²) in [7, 11) is 1.60. The molecular formula is C16H18N4O3. The number of rotatable bonds is 4. The summed E-state index contributed by atoms with van der Waals surface area (Å²) in [5, 5.41) is 2.92. The van der Waals surface area contributed by atoms with Crippen molar-refractivity contribution in [1.82, 2.24) is 15.3 Å². The van der Waals surface area contributed by atoms with E-state index in [1.165, 1.54) is 6.20 Å². The number of amides is 1. The van der Waals surface area contributed by atoms with E-state index >= 15 is 0 Å². The summed E-state index contributed by atoms with van der Waals surface area (Å²) < 4.78 is 10.6. The number of methoxy groups -OCH3 is 1. The maximum Gasteiger partial charge on any atom is 0.255 e. The minimum atomic E-state index is -0.276. The minimum absolute atomic E-state index is 0.124. The molecule has 2 heterocycles. The Morgan fingerprint density at radius 1 is 1.35 bits per heavy atom. The summed E-state index contributed by atoms with van der Waals surface area (Å²) in [5.74, 6) is -0.152. The Morgan fingerprint density at radius 3 is 2.87 bits per heavy atom. The van der Waals surface area contributed by atoms with Gasteiger partial charge in [-0.2, -0.15) is 0 Å². The molecule has 0 unspecified atom stereocenters. The number of nitrogen functional groups attached to an aromatic ring is 1. The van der Waals surface area contributed by atoms with Gasteiger partial charge in [0.05, 0.1) is 30.5 Å². The highest BCUT2D eigenvalue weighted by Gasteiger charge is 2.30. The van der Waals surface area contributed by atoms with Crippen LogP contribution in [0.5, 0.6) is 0 Å². The van der Waals surface area contributed by atoms with E-state index < -0.39 is 0 Å². The van der Waals surface area contributed by atoms with Crippen LogP contribution in [0.2, 0.25) is 0 Å². The summed E-state index contributed by atoms with van der Waals surface area (Å²) in [6.45, 7) is 0.881. The van der Waals surface area contributed by atoms with Crippen LogP contribution < -0.4 is 11.1 Å². The Bertz CT molecular complexity index is 693. The van der Waals surface area contributed by atoms with Gasteiger partial charge in [-0.1, -0.05) is 30.3 Å². The van der Waals surface area contributed by atoms with Crippen LogP contribution in [0.25, 0.3) is 11.3 Å². The lowest BCUT2D eigenvalue weighted by molar-refractivity contribution is 0.0685. The van der Waals surface area contributed by atoms with Gasteiger partial charge in [0.2, 0.25) is 5.95 Å². The smallest absolute Gasteiger partial charge is 0.255 e. The topological polar surface area (TPSA) is 99.4 Å². The number of carbonyl (C=O) groups excluding carboxylic acids is 1. The van der Waals surface area contributed by atoms with E-state index in [0.29, 0.717) is 24.5 Å². The molecular weight excluding hydrogens is 296 g/mol. The second-order valence-corrected chi connectivity index (χ2v) is 5.25. The van der Waals surface area contributed by atoms with Crippen LogP contribution in [0.3, 0.4) is 0 Å². The average Bonchev–Trinajstić information content (AvgIpc) is 3.02. The van der Waals surface area contributed by atoms with Crippen LogP contribution >= 0.6 is 0 Å². The number of aromatic nitrogens is 2. The van der Waals surface area contributed by atoms with E-state index in [0.717, 1.165) is 5.56 Å². The number of anilines is 1. The lowest BCUT2D eigenvalue weighted by Crippen LogP contribution is -2.43. The predicted molar refractivity (Wildman–Crippen MR) is 84.8 cm³/mol. The lowest BCUT2D eigenvalue weighted by atomic mass is 10.1. The van der Waals surface area contributed by atoms with E-state index in [4.69, 9.17) is 15.2 Å². The zero-order valence-corrected chi connectivity index (χ0v) is 12.7. The van der Waals surface area contributed by atoms with Gasteiger partial charge in [-0.15, -0.1) is 0 Å². The number of hydrogen-bond donors (Lipinski definition) is 2. The van der Waals surface area contributed by atoms with Crippen molar-refractivity contribution < 1.29 is 14.3 Å². The van der Waals surface area contributed by atoms with Gasteiger partial charge in [0, 0.05) is 18.9 Å². The molecule has 120 valence electrons. The van der Waals surface area contributed by atoms with Crippen LogP contribution in [-0.4, -0.2) is 48.3 Å². The molecule has 0 bridgehead atoms. The molecule has 1 saturated heterocycles. The summed E-state index contributed by atoms with van der Waals surface area (Å²) in [5.41, 5.74) is 7.35. The van der Waals surface area contributed by atoms with Gasteiger partial charge < -0.3 is 20.5 Å². The van der Waals surface area contributed by atoms with Gasteiger partial charge in [0.15, 0.2) is 0 Å². The Hall–Kier alpha value is -2.51. The van der Waals surface area contributed by atoms with Crippen molar-refractivity contribution in [2.45, 2.75) is 12.1 Å². The summed E-state index contributed by atoms with van der Waals surface area (Å²) >= 11 is 0. The first-order valence-electron chi connectivity index (χ1n) is 7.28. The van der Waals surface area contributed by atoms with Crippen molar-refractivity contribution in [2.24, 2.45) is 0 Å². The van der Waals surface area contributed by atoms with E-state index in [9.17, 15) is 4.79 Å². The minimum Gasteiger partial charge on any atom is -0.377 e. The number of nitrogens with zero attached hydrogens (tertiary/aromatic N) is 2. The summed E-state index contributed by atoms with van der Waals surface area (Å²) in [6, 6.07) is 9.19. The summed E-state index contributed by atoms with van der Waals surface area (Å²) in [6.07, 6.45) is 1.28. The van der Waals surface area contributed by atoms with Crippen LogP contribution in [0, 0.1) is 0 Å². The summed E-state index contributed by atoms with van der Waals surface area (Å²) in [4.78, 5) is 20.8. The molecule has 1 fully saturated rings. The van der Waals surface area contributed by atoms with E-state index in [1.54, 1.807) is 7.11 Å². The highest BCUT2D eigenvalue weighted by Crippen LogP contribution is 2.22. The lowest BCUT2D eigenvalue weighted by Gasteiger charge is -2.18. The molecule has 1 aromatic heterocycles. The molecule has 3 N–H and O–H groups in total. The van der Waals surface area contributed by atoms with Gasteiger partial charge in [0.1, 0.15) is 6.10 Å². The second kappa shape index (κ2) is 6.72. The van der Waals surface area contributed by atoms with Crippen molar-refractivity contribution >= 4 is 11.9 Å². The van der Waals surface area contributed by atoms with Gasteiger partial charge >= 0.3 is 0 Å². The molecule has 0 radical (unpaired) electrons. The number of nitrogens with one attached hydrogen (secondary N) is 1. The molecule has 2 atom stereocenters. The van der Waals surface area contributed by atoms with E-state index in [2.05, 4.69) is 15.3 Å². The van der Waals surface area contributed by atoms with E-state index in [1.807, 2.05) is 30.3 Å². The first-order chi connectivity index (χ1) is 11.2. The normalized spacial score (nSPS) is 20.4. The fraction of sp³-hybridized carbons (Fsp3) is 0.312. The molecule has 2 aromatic rings. The predicted octanol–water partition coefficient (Wildman–Crippen LogP) is 0.869. The zero-order chi connectivity index (χ0) is 16.2. The van der Waals surface area contributed by atoms with Crippen LogP contribution in [0.4, 0.5) is 5.95 Å². The Balaban J connectivity index is 1.89. The Morgan fingerprint density at radius 2 is 2.13 bits per heavy atom. The number of nitrogens with two attached hydrogens (primary N) is 1. The third kappa shape index (κ3) is 3.30. The number of benzene rings is 1. The molecule has 0 aliphatic carbocycles. The molecule has 23 heavy (non-hydrogen) atoms. The second-order valence-electron chi connectivity index (χ2n) is 5.25. The third-order valence-corrected chi connectivity index (χ3v) is 3.75. The molecule has 1 amide bonds. The average molecular weight is 314 g/mol. The number of carbonyl (C=O) groups is 1. The molecule has 0 saturated carbocycles. The molecule has 3 rings (SSSR count). The number of ether oxygens (including phenoxy) is 2. The first-order valence-corrected chi connectivity index (χ1v) is 7.28. The molecule has 1 aliphatic rings. The van der Waals surface area contributed by atoms with Crippen molar-refractivity contribution in [1.29, 1.82) is 0 Å². The van der Waals surface area contributed by atoms with Crippen LogP contribution in [0.1, 0.15) is 10.4 Å². The van der Waals surface area contributed by atoms with Gasteiger partial charge in [-0.05, 0) is 0 Å². The maximum absolute atomic E-state index is 12.6. The monoisotopic (exact) mass is 314 g/mol. The Kier molecular flexibility index (Phi) is 4.50. The number of hydrogen-bond acceptors (Lipinski definition) is 6. The van der Waals surface area contributed by atoms with Gasteiger partial charge in [0.25, 0.3) is 5.91 Å². The molecule has 1 aromatic carbocycles. The van der Waals surface area contributed by atoms with Crippen molar-refractivity contribution in [3.05, 3.63) is 42.1 Å². The quantitative estimate of drug-likeness (QED) is 0.868. The third-order valence-electron chi connectivity index (χ3n) is 3.75. The first kappa shape index (κ1) is 15.4. The van der Waals surface area contributed by atoms with Crippen molar-refractivity contribution in [3.63, 3.8) is 0 Å². The fourth-order valence-corrected chi connectivity index (χ4v) is 2.53. The van der Waals surface area contributed by atoms with Crippen molar-refractivity contribution in [2.75, 3.05) is 26.1 Å². The van der Waals surface area contributed by atoms with E-state index in [-0.39, 0.29) is 24.0 Å². The van der Waals surface area contributed by atoms with Crippen LogP contribution in [0.15, 0.2) is 36.5 Å². The standard InChI is InChI=1S/C16H18N4O3/c1-22-13-9-23-8-12(13)19-15(21)11-7-18-16(17)20-14(11)10-5-3-2-4-6-10/h2-7,12-13H,8-9H2,1H3,(H,19,21)(H2,17,18,20)/t12-,13-/m0/s1. The highest BCUT2D eigenvalue weighted by atomic mass is 16.5. The van der Waals surface area contributed by atoms with Crippen molar-refractivity contribution in [3.8, 4) is 11.3 Å². The van der Waals surface area contributed by atoms with Gasteiger partial charge in [-0.3, -0.25) is 4.79 Å². The SMILES string of the molecule is CO[C@H]1COC[C@@H]1NC(=O)c1cnc(N)nc1-c1ccccc1. The Labute approximate surface area is 133 Å². The van der Waals surface area contributed by atoms with Crippen LogP contribution in [-0.2, 0) is 9.47 Å². The highest BCUT2D eigenvalue weighted by molar-refractivity contribution is 6.00. The largest absolute Gasteiger partial charge is 0.377 e. The van der Waals surface area contributed by atoms with Gasteiger partial charge in [-0.25, -0.2) is 9.97 Å². The zero-order valence-electron chi connectivity index (χ0n) is 12.7. The molecule has 0 spiro atoms. The maximum atomic E-state index is 12.6. The molecule has 7 heteroatoms.